The van der Waals surface area contributed by atoms with Crippen LogP contribution >= 0.6 is 15.9 Å². The Kier molecular flexibility index (Phi) is 7.25. The minimum absolute atomic E-state index is 0.00348. The lowest BCUT2D eigenvalue weighted by Gasteiger charge is -2.09. The maximum Gasteiger partial charge on any atom is 0.301 e. The number of nitro groups is 3. The number of nitro benzene ring substituents is 3. The monoisotopic (exact) mass is 515 g/mol. The van der Waals surface area contributed by atoms with Gasteiger partial charge in [-0.1, -0.05) is 0 Å². The van der Waals surface area contributed by atoms with Gasteiger partial charge in [-0.2, -0.15) is 5.10 Å². The Hall–Kier alpha value is -4.39. The molecular weight excluding hydrogens is 502 g/mol. The summed E-state index contributed by atoms with van der Waals surface area (Å²) in [6, 6.07) is 14.3. The van der Waals surface area contributed by atoms with Crippen LogP contribution in [0.1, 0.15) is 11.1 Å². The van der Waals surface area contributed by atoms with Crippen LogP contribution in [-0.4, -0.2) is 21.0 Å². The van der Waals surface area contributed by atoms with Gasteiger partial charge in [-0.15, -0.1) is 0 Å². The highest BCUT2D eigenvalue weighted by atomic mass is 79.9. The maximum absolute atomic E-state index is 11.2. The molecule has 0 aromatic heterocycles. The lowest BCUT2D eigenvalue weighted by molar-refractivity contribution is -0.393. The van der Waals surface area contributed by atoms with Crippen molar-refractivity contribution >= 4 is 44.9 Å². The number of non-ortho nitro benzene ring substituents is 2. The molecule has 0 atom stereocenters. The first-order valence-electron chi connectivity index (χ1n) is 9.12. The fourth-order valence-corrected chi connectivity index (χ4v) is 3.16. The van der Waals surface area contributed by atoms with Crippen molar-refractivity contribution in [3.8, 4) is 5.75 Å². The minimum Gasteiger partial charge on any atom is -0.488 e. The number of hydrazone groups is 1. The highest BCUT2D eigenvalue weighted by Gasteiger charge is 2.19. The molecule has 0 aliphatic carbocycles. The van der Waals surface area contributed by atoms with Crippen LogP contribution in [0.4, 0.5) is 22.7 Å². The fraction of sp³-hybridized carbons (Fsp3) is 0.0500. The van der Waals surface area contributed by atoms with Gasteiger partial charge in [0.1, 0.15) is 18.0 Å². The topological polar surface area (TPSA) is 163 Å². The molecule has 0 saturated heterocycles. The second kappa shape index (κ2) is 10.3. The van der Waals surface area contributed by atoms with Crippen molar-refractivity contribution in [2.45, 2.75) is 6.61 Å². The van der Waals surface area contributed by atoms with E-state index in [9.17, 15) is 30.3 Å². The number of nitrogens with zero attached hydrogens (tertiary/aromatic N) is 4. The van der Waals surface area contributed by atoms with E-state index in [0.29, 0.717) is 15.8 Å². The summed E-state index contributed by atoms with van der Waals surface area (Å²) < 4.78 is 6.34. The fourth-order valence-electron chi connectivity index (χ4n) is 2.64. The van der Waals surface area contributed by atoms with Crippen molar-refractivity contribution in [2.75, 3.05) is 5.43 Å². The molecule has 0 amide bonds. The zero-order valence-electron chi connectivity index (χ0n) is 16.6. The molecule has 3 rings (SSSR count). The molecule has 0 radical (unpaired) electrons. The van der Waals surface area contributed by atoms with Crippen LogP contribution in [0.25, 0.3) is 0 Å². The van der Waals surface area contributed by atoms with Gasteiger partial charge in [0.05, 0.1) is 31.5 Å². The molecule has 3 aromatic carbocycles. The molecule has 13 heteroatoms. The van der Waals surface area contributed by atoms with Crippen LogP contribution in [0.5, 0.6) is 5.75 Å². The van der Waals surface area contributed by atoms with Crippen molar-refractivity contribution in [2.24, 2.45) is 5.10 Å². The third-order valence-corrected chi connectivity index (χ3v) is 4.90. The number of anilines is 1. The molecule has 12 nitrogen and oxygen atoms in total. The van der Waals surface area contributed by atoms with Crippen molar-refractivity contribution in [3.63, 3.8) is 0 Å². The Morgan fingerprint density at radius 1 is 0.879 bits per heavy atom. The largest absolute Gasteiger partial charge is 0.488 e. The number of halogens is 1. The summed E-state index contributed by atoms with van der Waals surface area (Å²) in [6.45, 7) is 0.204. The summed E-state index contributed by atoms with van der Waals surface area (Å²) in [4.78, 5) is 30.7. The number of rotatable bonds is 9. The molecule has 0 aliphatic heterocycles. The molecule has 1 N–H and O–H groups in total. The third-order valence-electron chi connectivity index (χ3n) is 4.28. The summed E-state index contributed by atoms with van der Waals surface area (Å²) in [6.07, 6.45) is 1.41. The molecule has 0 spiro atoms. The average Bonchev–Trinajstić information content (AvgIpc) is 2.78. The Balaban J connectivity index is 1.65. The summed E-state index contributed by atoms with van der Waals surface area (Å²) in [5.41, 5.74) is 3.04. The lowest BCUT2D eigenvalue weighted by atomic mass is 10.2. The smallest absolute Gasteiger partial charge is 0.301 e. The van der Waals surface area contributed by atoms with Crippen LogP contribution in [0.15, 0.2) is 70.2 Å². The van der Waals surface area contributed by atoms with Gasteiger partial charge in [-0.3, -0.25) is 35.8 Å². The van der Waals surface area contributed by atoms with E-state index in [2.05, 4.69) is 26.5 Å². The van der Waals surface area contributed by atoms with Crippen LogP contribution in [0.2, 0.25) is 0 Å². The Bertz CT molecular complexity index is 1250. The number of hydrogen-bond acceptors (Lipinski definition) is 9. The summed E-state index contributed by atoms with van der Waals surface area (Å²) in [7, 11) is 0. The van der Waals surface area contributed by atoms with E-state index in [1.165, 1.54) is 24.4 Å². The summed E-state index contributed by atoms with van der Waals surface area (Å²) in [5, 5.41) is 36.6. The summed E-state index contributed by atoms with van der Waals surface area (Å²) in [5.74, 6) is 0.532. The third kappa shape index (κ3) is 6.07. The molecule has 0 fully saturated rings. The van der Waals surface area contributed by atoms with Crippen LogP contribution < -0.4 is 10.2 Å². The van der Waals surface area contributed by atoms with Crippen molar-refractivity contribution < 1.29 is 19.5 Å². The van der Waals surface area contributed by atoms with Gasteiger partial charge in [0, 0.05) is 18.2 Å². The van der Waals surface area contributed by atoms with Gasteiger partial charge in [-0.25, -0.2) is 0 Å². The Morgan fingerprint density at radius 2 is 1.55 bits per heavy atom. The van der Waals surface area contributed by atoms with E-state index in [1.54, 1.807) is 30.3 Å². The van der Waals surface area contributed by atoms with Crippen molar-refractivity contribution in [3.05, 3.63) is 107 Å². The maximum atomic E-state index is 11.2. The first kappa shape index (κ1) is 23.3. The quantitative estimate of drug-likeness (QED) is 0.230. The van der Waals surface area contributed by atoms with Crippen molar-refractivity contribution in [1.82, 2.24) is 0 Å². The van der Waals surface area contributed by atoms with Gasteiger partial charge in [-0.05, 0) is 63.5 Å². The molecule has 0 aliphatic rings. The highest BCUT2D eigenvalue weighted by molar-refractivity contribution is 9.10. The predicted octanol–water partition coefficient (Wildman–Crippen LogP) is 5.20. The Labute approximate surface area is 194 Å². The number of benzene rings is 3. The van der Waals surface area contributed by atoms with Gasteiger partial charge in [0.15, 0.2) is 0 Å². The van der Waals surface area contributed by atoms with E-state index in [4.69, 9.17) is 4.74 Å². The summed E-state index contributed by atoms with van der Waals surface area (Å²) >= 11 is 3.39. The van der Waals surface area contributed by atoms with Crippen LogP contribution in [0, 0.1) is 30.3 Å². The lowest BCUT2D eigenvalue weighted by Crippen LogP contribution is -1.99. The molecule has 0 heterocycles. The molecule has 3 aromatic rings. The van der Waals surface area contributed by atoms with E-state index >= 15 is 0 Å². The second-order valence-electron chi connectivity index (χ2n) is 6.49. The van der Waals surface area contributed by atoms with Gasteiger partial charge < -0.3 is 4.74 Å². The van der Waals surface area contributed by atoms with Gasteiger partial charge in [0.2, 0.25) is 0 Å². The number of hydrogen-bond donors (Lipinski definition) is 1. The highest BCUT2D eigenvalue weighted by Crippen LogP contribution is 2.29. The molecule has 0 bridgehead atoms. The first-order chi connectivity index (χ1) is 15.7. The van der Waals surface area contributed by atoms with E-state index < -0.39 is 26.1 Å². The Morgan fingerprint density at radius 3 is 2.15 bits per heavy atom. The second-order valence-corrected chi connectivity index (χ2v) is 7.34. The number of nitrogens with one attached hydrogen (secondary N) is 1. The zero-order valence-corrected chi connectivity index (χ0v) is 18.2. The first-order valence-corrected chi connectivity index (χ1v) is 9.91. The number of ether oxygens (including phenoxy) is 1. The van der Waals surface area contributed by atoms with Crippen LogP contribution in [0.3, 0.4) is 0 Å². The van der Waals surface area contributed by atoms with E-state index in [0.717, 1.165) is 17.7 Å². The molecule has 0 saturated carbocycles. The molecule has 168 valence electrons. The SMILES string of the molecule is O=[N+]([O-])c1ccc(COc2ccc(/C=N/Nc3ccc([N+](=O)[O-])cc3[N+](=O)[O-])cc2Br)cc1. The molecule has 33 heavy (non-hydrogen) atoms. The van der Waals surface area contributed by atoms with Crippen LogP contribution in [-0.2, 0) is 6.61 Å². The standard InChI is InChI=1S/C20H14BrN5O7/c21-17-9-14(3-8-20(17)33-12-13-1-4-15(5-2-13)24(27)28)11-22-23-18-7-6-16(25(29)30)10-19(18)26(31)32/h1-11,23H,12H2/b22-11+. The van der Waals surface area contributed by atoms with E-state index in [-0.39, 0.29) is 18.0 Å². The van der Waals surface area contributed by atoms with Crippen molar-refractivity contribution in [1.29, 1.82) is 0 Å². The predicted molar refractivity (Wildman–Crippen MR) is 123 cm³/mol. The average molecular weight is 516 g/mol. The zero-order chi connectivity index (χ0) is 24.0. The molecular formula is C20H14BrN5O7. The molecule has 0 unspecified atom stereocenters. The van der Waals surface area contributed by atoms with Gasteiger partial charge >= 0.3 is 5.69 Å². The van der Waals surface area contributed by atoms with Gasteiger partial charge in [0.25, 0.3) is 11.4 Å². The van der Waals surface area contributed by atoms with E-state index in [1.807, 2.05) is 0 Å². The normalized spacial score (nSPS) is 10.7. The minimum atomic E-state index is -0.738.